The molecule has 0 spiro atoms. The fraction of sp³-hybridized carbons (Fsp3) is 0.0714. The lowest BCUT2D eigenvalue weighted by atomic mass is 9.95. The molecular formula is C28H20ClFN2O2. The average Bonchev–Trinajstić information content (AvgIpc) is 3.00. The lowest BCUT2D eigenvalue weighted by molar-refractivity contribution is -0.117. The SMILES string of the molecule is O=C1CN(C(=O)c2ccc(-c3ccccc3)cc2)[C@H](c2ccc(F)cc2)c2cc(Cl)ccc2N1. The molecular weight excluding hydrogens is 451 g/mol. The monoisotopic (exact) mass is 470 g/mol. The van der Waals surface area contributed by atoms with E-state index < -0.39 is 6.04 Å². The summed E-state index contributed by atoms with van der Waals surface area (Å²) in [5, 5.41) is 3.34. The van der Waals surface area contributed by atoms with Crippen molar-refractivity contribution >= 4 is 29.1 Å². The summed E-state index contributed by atoms with van der Waals surface area (Å²) in [5.41, 5.74) is 4.39. The van der Waals surface area contributed by atoms with Crippen LogP contribution in [-0.2, 0) is 4.79 Å². The minimum atomic E-state index is -0.630. The molecule has 2 amide bonds. The maximum Gasteiger partial charge on any atom is 0.255 e. The van der Waals surface area contributed by atoms with Crippen LogP contribution in [0.25, 0.3) is 11.1 Å². The van der Waals surface area contributed by atoms with Crippen LogP contribution < -0.4 is 5.32 Å². The summed E-state index contributed by atoms with van der Waals surface area (Å²) in [5.74, 6) is -1.01. The van der Waals surface area contributed by atoms with Gasteiger partial charge >= 0.3 is 0 Å². The number of hydrogen-bond donors (Lipinski definition) is 1. The minimum Gasteiger partial charge on any atom is -0.324 e. The zero-order chi connectivity index (χ0) is 23.7. The molecule has 1 atom stereocenters. The fourth-order valence-electron chi connectivity index (χ4n) is 4.27. The van der Waals surface area contributed by atoms with Crippen molar-refractivity contribution in [2.24, 2.45) is 0 Å². The van der Waals surface area contributed by atoms with E-state index in [1.165, 1.54) is 17.0 Å². The van der Waals surface area contributed by atoms with Crippen LogP contribution in [0, 0.1) is 5.82 Å². The molecule has 34 heavy (non-hydrogen) atoms. The van der Waals surface area contributed by atoms with Crippen molar-refractivity contribution < 1.29 is 14.0 Å². The van der Waals surface area contributed by atoms with Gasteiger partial charge in [0.1, 0.15) is 12.4 Å². The van der Waals surface area contributed by atoms with Crippen LogP contribution >= 0.6 is 11.6 Å². The van der Waals surface area contributed by atoms with Crippen LogP contribution in [0.15, 0.2) is 97.1 Å². The molecule has 4 aromatic rings. The smallest absolute Gasteiger partial charge is 0.255 e. The molecule has 0 unspecified atom stereocenters. The predicted octanol–water partition coefficient (Wildman–Crippen LogP) is 6.33. The van der Waals surface area contributed by atoms with E-state index in [9.17, 15) is 14.0 Å². The Morgan fingerprint density at radius 3 is 2.26 bits per heavy atom. The molecule has 5 rings (SSSR count). The molecule has 4 aromatic carbocycles. The molecule has 0 saturated heterocycles. The summed E-state index contributed by atoms with van der Waals surface area (Å²) in [7, 11) is 0. The Bertz CT molecular complexity index is 1360. The highest BCUT2D eigenvalue weighted by molar-refractivity contribution is 6.30. The molecule has 1 aliphatic heterocycles. The summed E-state index contributed by atoms with van der Waals surface area (Å²) in [6, 6.07) is 27.6. The molecule has 6 heteroatoms. The first-order valence-corrected chi connectivity index (χ1v) is 11.2. The molecule has 1 aliphatic rings. The van der Waals surface area contributed by atoms with Gasteiger partial charge in [0.25, 0.3) is 5.91 Å². The lowest BCUT2D eigenvalue weighted by Gasteiger charge is -2.31. The zero-order valence-electron chi connectivity index (χ0n) is 18.0. The van der Waals surface area contributed by atoms with Crippen molar-refractivity contribution in [2.75, 3.05) is 11.9 Å². The second-order valence-electron chi connectivity index (χ2n) is 8.11. The number of halogens is 2. The van der Waals surface area contributed by atoms with Gasteiger partial charge in [-0.1, -0.05) is 66.2 Å². The first-order chi connectivity index (χ1) is 16.5. The number of amides is 2. The van der Waals surface area contributed by atoms with Gasteiger partial charge in [-0.05, 0) is 59.2 Å². The number of carbonyl (C=O) groups excluding carboxylic acids is 2. The van der Waals surface area contributed by atoms with Gasteiger partial charge in [0.05, 0.1) is 6.04 Å². The van der Waals surface area contributed by atoms with Gasteiger partial charge in [-0.2, -0.15) is 0 Å². The highest BCUT2D eigenvalue weighted by Crippen LogP contribution is 2.38. The Morgan fingerprint density at radius 2 is 1.56 bits per heavy atom. The highest BCUT2D eigenvalue weighted by atomic mass is 35.5. The topological polar surface area (TPSA) is 49.4 Å². The van der Waals surface area contributed by atoms with Crippen molar-refractivity contribution in [3.8, 4) is 11.1 Å². The van der Waals surface area contributed by atoms with E-state index in [4.69, 9.17) is 11.6 Å². The van der Waals surface area contributed by atoms with Crippen molar-refractivity contribution in [3.63, 3.8) is 0 Å². The van der Waals surface area contributed by atoms with Crippen molar-refractivity contribution in [1.29, 1.82) is 0 Å². The summed E-state index contributed by atoms with van der Waals surface area (Å²) in [6.45, 7) is -0.159. The summed E-state index contributed by atoms with van der Waals surface area (Å²) < 4.78 is 13.7. The maximum absolute atomic E-state index is 13.7. The predicted molar refractivity (Wildman–Crippen MR) is 131 cm³/mol. The molecule has 0 aromatic heterocycles. The normalized spacial score (nSPS) is 15.3. The number of hydrogen-bond acceptors (Lipinski definition) is 2. The van der Waals surface area contributed by atoms with E-state index in [1.54, 1.807) is 42.5 Å². The van der Waals surface area contributed by atoms with Crippen LogP contribution in [0.2, 0.25) is 5.02 Å². The Balaban J connectivity index is 1.58. The van der Waals surface area contributed by atoms with Crippen LogP contribution in [-0.4, -0.2) is 23.3 Å². The van der Waals surface area contributed by atoms with E-state index in [0.29, 0.717) is 27.4 Å². The van der Waals surface area contributed by atoms with E-state index in [-0.39, 0.29) is 24.2 Å². The Labute approximate surface area is 201 Å². The standard InChI is InChI=1S/C28H20ClFN2O2/c29-22-12-15-25-24(16-22)27(20-10-13-23(30)14-11-20)32(17-26(33)31-25)28(34)21-8-6-19(7-9-21)18-4-2-1-3-5-18/h1-16,27H,17H2,(H,31,33)/t27-/m1/s1. The van der Waals surface area contributed by atoms with Crippen molar-refractivity contribution in [1.82, 2.24) is 4.90 Å². The molecule has 4 nitrogen and oxygen atoms in total. The summed E-state index contributed by atoms with van der Waals surface area (Å²) in [4.78, 5) is 28.0. The van der Waals surface area contributed by atoms with E-state index >= 15 is 0 Å². The van der Waals surface area contributed by atoms with E-state index in [1.807, 2.05) is 42.5 Å². The fourth-order valence-corrected chi connectivity index (χ4v) is 4.45. The number of fused-ring (bicyclic) bond motifs is 1. The van der Waals surface area contributed by atoms with Gasteiger partial charge in [0.2, 0.25) is 5.91 Å². The Hall–Kier alpha value is -3.96. The first-order valence-electron chi connectivity index (χ1n) is 10.8. The number of benzene rings is 4. The third kappa shape index (κ3) is 4.30. The number of nitrogens with zero attached hydrogens (tertiary/aromatic N) is 1. The van der Waals surface area contributed by atoms with Crippen LogP contribution in [0.5, 0.6) is 0 Å². The third-order valence-electron chi connectivity index (χ3n) is 5.89. The van der Waals surface area contributed by atoms with Crippen LogP contribution in [0.4, 0.5) is 10.1 Å². The van der Waals surface area contributed by atoms with Crippen molar-refractivity contribution in [3.05, 3.63) is 125 Å². The Morgan fingerprint density at radius 1 is 0.882 bits per heavy atom. The highest BCUT2D eigenvalue weighted by Gasteiger charge is 2.34. The second kappa shape index (κ2) is 9.12. The minimum absolute atomic E-state index is 0.159. The van der Waals surface area contributed by atoms with E-state index in [2.05, 4.69) is 5.32 Å². The van der Waals surface area contributed by atoms with Gasteiger partial charge in [-0.25, -0.2) is 4.39 Å². The van der Waals surface area contributed by atoms with Gasteiger partial charge in [0, 0.05) is 21.8 Å². The van der Waals surface area contributed by atoms with Gasteiger partial charge in [-0.15, -0.1) is 0 Å². The number of rotatable bonds is 3. The molecule has 0 fully saturated rings. The zero-order valence-corrected chi connectivity index (χ0v) is 18.8. The second-order valence-corrected chi connectivity index (χ2v) is 8.55. The van der Waals surface area contributed by atoms with Gasteiger partial charge in [0.15, 0.2) is 0 Å². The Kier molecular flexibility index (Phi) is 5.86. The quantitative estimate of drug-likeness (QED) is 0.380. The van der Waals surface area contributed by atoms with Gasteiger partial charge in [-0.3, -0.25) is 9.59 Å². The number of nitrogens with one attached hydrogen (secondary N) is 1. The first kappa shape index (κ1) is 21.9. The molecule has 1 heterocycles. The lowest BCUT2D eigenvalue weighted by Crippen LogP contribution is -2.39. The number of anilines is 1. The molecule has 0 saturated carbocycles. The largest absolute Gasteiger partial charge is 0.324 e. The van der Waals surface area contributed by atoms with Crippen LogP contribution in [0.3, 0.4) is 0 Å². The molecule has 0 aliphatic carbocycles. The molecule has 168 valence electrons. The third-order valence-corrected chi connectivity index (χ3v) is 6.13. The molecule has 0 radical (unpaired) electrons. The number of carbonyl (C=O) groups is 2. The van der Waals surface area contributed by atoms with Crippen LogP contribution in [0.1, 0.15) is 27.5 Å². The van der Waals surface area contributed by atoms with E-state index in [0.717, 1.165) is 11.1 Å². The molecule has 1 N–H and O–H groups in total. The maximum atomic E-state index is 13.7. The summed E-state index contributed by atoms with van der Waals surface area (Å²) >= 11 is 6.29. The van der Waals surface area contributed by atoms with Gasteiger partial charge < -0.3 is 10.2 Å². The summed E-state index contributed by atoms with van der Waals surface area (Å²) in [6.07, 6.45) is 0. The molecule has 0 bridgehead atoms. The van der Waals surface area contributed by atoms with Crippen molar-refractivity contribution in [2.45, 2.75) is 6.04 Å². The average molecular weight is 471 g/mol.